The standard InChI is InChI=1S/C26H27N5O2/c1-4-16-10-11-17(13-19(16)23(32)5-2)18-14-20(21-9-7-8-12-28-21)24-22(15-18)29-25(30-24)31-26(33)27-6-3/h7-15H,4-6H2,1-3H3,(H3,27,29,30,31,33). The summed E-state index contributed by atoms with van der Waals surface area (Å²) in [5.41, 5.74) is 6.77. The number of aromatic nitrogens is 3. The number of Topliss-reactive ketones (excluding diaryl/α,β-unsaturated/α-hetero) is 1. The summed E-state index contributed by atoms with van der Waals surface area (Å²) in [6.45, 7) is 6.31. The van der Waals surface area contributed by atoms with E-state index in [9.17, 15) is 9.59 Å². The molecule has 0 aliphatic rings. The van der Waals surface area contributed by atoms with E-state index in [1.165, 1.54) is 0 Å². The third kappa shape index (κ3) is 4.62. The molecular formula is C26H27N5O2. The molecule has 0 saturated carbocycles. The first kappa shape index (κ1) is 22.2. The van der Waals surface area contributed by atoms with Crippen molar-refractivity contribution < 1.29 is 9.59 Å². The molecule has 0 bridgehead atoms. The summed E-state index contributed by atoms with van der Waals surface area (Å²) in [6, 6.07) is 15.4. The van der Waals surface area contributed by atoms with Crippen molar-refractivity contribution in [2.45, 2.75) is 33.6 Å². The van der Waals surface area contributed by atoms with Gasteiger partial charge in [0.05, 0.1) is 16.7 Å². The van der Waals surface area contributed by atoms with Gasteiger partial charge in [-0.1, -0.05) is 32.0 Å². The average Bonchev–Trinajstić information content (AvgIpc) is 3.25. The molecule has 33 heavy (non-hydrogen) atoms. The van der Waals surface area contributed by atoms with E-state index in [1.807, 2.05) is 62.4 Å². The van der Waals surface area contributed by atoms with Crippen LogP contribution in [0.2, 0.25) is 0 Å². The number of H-pyrrole nitrogens is 1. The number of benzene rings is 2. The monoisotopic (exact) mass is 441 g/mol. The second-order valence-electron chi connectivity index (χ2n) is 7.71. The van der Waals surface area contributed by atoms with Gasteiger partial charge in [-0.05, 0) is 60.4 Å². The number of amides is 2. The summed E-state index contributed by atoms with van der Waals surface area (Å²) in [5, 5.41) is 5.44. The average molecular weight is 442 g/mol. The minimum absolute atomic E-state index is 0.134. The highest BCUT2D eigenvalue weighted by Crippen LogP contribution is 2.34. The molecule has 0 atom stereocenters. The van der Waals surface area contributed by atoms with Crippen molar-refractivity contribution in [2.75, 3.05) is 11.9 Å². The van der Waals surface area contributed by atoms with E-state index in [1.54, 1.807) is 6.20 Å². The highest BCUT2D eigenvalue weighted by Gasteiger charge is 2.16. The zero-order valence-corrected chi connectivity index (χ0v) is 19.0. The zero-order chi connectivity index (χ0) is 23.4. The molecule has 0 fully saturated rings. The SMILES string of the molecule is CCNC(=O)Nc1nc2c(-c3ccccn3)cc(-c3ccc(CC)c(C(=O)CC)c3)cc2[nH]1. The van der Waals surface area contributed by atoms with Crippen molar-refractivity contribution >= 4 is 28.8 Å². The molecule has 4 aromatic rings. The molecule has 0 spiro atoms. The van der Waals surface area contributed by atoms with Gasteiger partial charge in [-0.25, -0.2) is 9.78 Å². The number of nitrogens with one attached hydrogen (secondary N) is 3. The van der Waals surface area contributed by atoms with Gasteiger partial charge >= 0.3 is 6.03 Å². The van der Waals surface area contributed by atoms with Crippen molar-refractivity contribution in [2.24, 2.45) is 0 Å². The number of aromatic amines is 1. The zero-order valence-electron chi connectivity index (χ0n) is 19.0. The molecule has 2 aromatic carbocycles. The highest BCUT2D eigenvalue weighted by molar-refractivity contribution is 6.00. The number of rotatable bonds is 7. The number of ketones is 1. The van der Waals surface area contributed by atoms with Gasteiger partial charge in [0.2, 0.25) is 5.95 Å². The number of carbonyl (C=O) groups is 2. The predicted molar refractivity (Wildman–Crippen MR) is 131 cm³/mol. The lowest BCUT2D eigenvalue weighted by atomic mass is 9.93. The van der Waals surface area contributed by atoms with Gasteiger partial charge in [0.25, 0.3) is 0 Å². The fourth-order valence-electron chi connectivity index (χ4n) is 3.89. The molecule has 0 aliphatic carbocycles. The Kier molecular flexibility index (Phi) is 6.49. The Bertz CT molecular complexity index is 1310. The molecule has 3 N–H and O–H groups in total. The predicted octanol–water partition coefficient (Wildman–Crippen LogP) is 5.59. The number of urea groups is 1. The number of pyridine rings is 1. The molecule has 2 aromatic heterocycles. The lowest BCUT2D eigenvalue weighted by molar-refractivity contribution is 0.0987. The van der Waals surface area contributed by atoms with Crippen LogP contribution in [-0.2, 0) is 6.42 Å². The minimum atomic E-state index is -0.325. The third-order valence-electron chi connectivity index (χ3n) is 5.54. The highest BCUT2D eigenvalue weighted by atomic mass is 16.2. The maximum Gasteiger partial charge on any atom is 0.321 e. The molecule has 7 nitrogen and oxygen atoms in total. The smallest absolute Gasteiger partial charge is 0.321 e. The van der Waals surface area contributed by atoms with E-state index in [0.29, 0.717) is 24.4 Å². The van der Waals surface area contributed by atoms with Crippen LogP contribution < -0.4 is 10.6 Å². The summed E-state index contributed by atoms with van der Waals surface area (Å²) in [6.07, 6.45) is 3.00. The molecule has 0 aliphatic heterocycles. The van der Waals surface area contributed by atoms with Gasteiger partial charge in [-0.15, -0.1) is 0 Å². The van der Waals surface area contributed by atoms with Crippen molar-refractivity contribution in [3.63, 3.8) is 0 Å². The molecule has 7 heteroatoms. The summed E-state index contributed by atoms with van der Waals surface area (Å²) in [7, 11) is 0. The minimum Gasteiger partial charge on any atom is -0.338 e. The van der Waals surface area contributed by atoms with Crippen LogP contribution in [0.3, 0.4) is 0 Å². The lowest BCUT2D eigenvalue weighted by Crippen LogP contribution is -2.28. The van der Waals surface area contributed by atoms with Gasteiger partial charge in [-0.3, -0.25) is 15.1 Å². The summed E-state index contributed by atoms with van der Waals surface area (Å²) < 4.78 is 0. The maximum absolute atomic E-state index is 12.6. The Morgan fingerprint density at radius 3 is 2.55 bits per heavy atom. The van der Waals surface area contributed by atoms with Crippen molar-refractivity contribution in [3.8, 4) is 22.4 Å². The van der Waals surface area contributed by atoms with Crippen molar-refractivity contribution in [1.82, 2.24) is 20.3 Å². The number of imidazole rings is 1. The number of aryl methyl sites for hydroxylation is 1. The second kappa shape index (κ2) is 9.65. The first-order valence-electron chi connectivity index (χ1n) is 11.2. The Morgan fingerprint density at radius 1 is 1.00 bits per heavy atom. The largest absolute Gasteiger partial charge is 0.338 e. The van der Waals surface area contributed by atoms with Crippen LogP contribution in [0, 0.1) is 0 Å². The molecule has 0 saturated heterocycles. The summed E-state index contributed by atoms with van der Waals surface area (Å²) in [4.78, 5) is 36.9. The van der Waals surface area contributed by atoms with Crippen LogP contribution in [0.5, 0.6) is 0 Å². The lowest BCUT2D eigenvalue weighted by Gasteiger charge is -2.11. The molecule has 168 valence electrons. The fourth-order valence-corrected chi connectivity index (χ4v) is 3.89. The van der Waals surface area contributed by atoms with E-state index in [-0.39, 0.29) is 11.8 Å². The second-order valence-corrected chi connectivity index (χ2v) is 7.71. The van der Waals surface area contributed by atoms with Gasteiger partial charge in [0, 0.05) is 30.3 Å². The third-order valence-corrected chi connectivity index (χ3v) is 5.54. The number of carbonyl (C=O) groups excluding carboxylic acids is 2. The van der Waals surface area contributed by atoms with Crippen LogP contribution in [0.25, 0.3) is 33.4 Å². The summed E-state index contributed by atoms with van der Waals surface area (Å²) >= 11 is 0. The van der Waals surface area contributed by atoms with Gasteiger partial charge in [-0.2, -0.15) is 0 Å². The topological polar surface area (TPSA) is 99.8 Å². The fraction of sp³-hybridized carbons (Fsp3) is 0.231. The maximum atomic E-state index is 12.6. The van der Waals surface area contributed by atoms with Crippen LogP contribution in [-0.4, -0.2) is 33.3 Å². The first-order chi connectivity index (χ1) is 16.0. The van der Waals surface area contributed by atoms with Crippen LogP contribution in [0.4, 0.5) is 10.7 Å². The van der Waals surface area contributed by atoms with E-state index >= 15 is 0 Å². The Balaban J connectivity index is 1.88. The molecular weight excluding hydrogens is 414 g/mol. The van der Waals surface area contributed by atoms with E-state index in [4.69, 9.17) is 0 Å². The van der Waals surface area contributed by atoms with E-state index in [0.717, 1.165) is 45.4 Å². The Labute approximate surface area is 192 Å². The summed E-state index contributed by atoms with van der Waals surface area (Å²) in [5.74, 6) is 0.489. The molecule has 0 unspecified atom stereocenters. The van der Waals surface area contributed by atoms with Crippen LogP contribution in [0.1, 0.15) is 43.1 Å². The number of nitrogens with zero attached hydrogens (tertiary/aromatic N) is 2. The van der Waals surface area contributed by atoms with E-state index in [2.05, 4.69) is 32.5 Å². The Morgan fingerprint density at radius 2 is 1.85 bits per heavy atom. The van der Waals surface area contributed by atoms with Crippen molar-refractivity contribution in [1.29, 1.82) is 0 Å². The number of fused-ring (bicyclic) bond motifs is 1. The van der Waals surface area contributed by atoms with Gasteiger partial charge < -0.3 is 10.3 Å². The van der Waals surface area contributed by atoms with Crippen LogP contribution in [0.15, 0.2) is 54.7 Å². The molecule has 2 heterocycles. The quantitative estimate of drug-likeness (QED) is 0.326. The van der Waals surface area contributed by atoms with Crippen molar-refractivity contribution in [3.05, 3.63) is 65.9 Å². The van der Waals surface area contributed by atoms with Gasteiger partial charge in [0.1, 0.15) is 0 Å². The first-order valence-corrected chi connectivity index (χ1v) is 11.2. The Hall–Kier alpha value is -4.00. The number of hydrogen-bond acceptors (Lipinski definition) is 4. The van der Waals surface area contributed by atoms with E-state index < -0.39 is 0 Å². The van der Waals surface area contributed by atoms with Gasteiger partial charge in [0.15, 0.2) is 5.78 Å². The van der Waals surface area contributed by atoms with Crippen LogP contribution >= 0.6 is 0 Å². The molecule has 4 rings (SSSR count). The molecule has 2 amide bonds. The number of hydrogen-bond donors (Lipinski definition) is 3. The molecule has 0 radical (unpaired) electrons. The normalized spacial score (nSPS) is 10.9. The number of anilines is 1.